The molecule has 52 valence electrons. The van der Waals surface area contributed by atoms with Crippen molar-refractivity contribution in [3.63, 3.8) is 0 Å². The van der Waals surface area contributed by atoms with Crippen molar-refractivity contribution in [2.24, 2.45) is 5.41 Å². The molecule has 0 unspecified atom stereocenters. The first-order valence-electron chi connectivity index (χ1n) is 2.82. The van der Waals surface area contributed by atoms with Gasteiger partial charge in [0.05, 0.1) is 5.41 Å². The van der Waals surface area contributed by atoms with E-state index < -0.39 is 11.4 Å². The highest BCUT2D eigenvalue weighted by Crippen LogP contribution is 2.61. The molecule has 0 saturated heterocycles. The van der Waals surface area contributed by atoms with Crippen molar-refractivity contribution in [1.29, 1.82) is 0 Å². The highest BCUT2D eigenvalue weighted by molar-refractivity contribution is 9.10. The third-order valence-electron chi connectivity index (χ3n) is 2.18. The number of carbonyl (C=O) groups is 1. The predicted molar refractivity (Wildman–Crippen MR) is 37.7 cm³/mol. The average molecular weight is 193 g/mol. The smallest absolute Gasteiger partial charge is 0.310 e. The molecule has 2 atom stereocenters. The Morgan fingerprint density at radius 2 is 2.00 bits per heavy atom. The van der Waals surface area contributed by atoms with E-state index in [2.05, 4.69) is 15.9 Å². The number of hydrogen-bond acceptors (Lipinski definition) is 1. The maximum absolute atomic E-state index is 10.5. The van der Waals surface area contributed by atoms with Gasteiger partial charge in [-0.05, 0) is 20.3 Å². The summed E-state index contributed by atoms with van der Waals surface area (Å²) in [5, 5.41) is 8.62. The number of aliphatic carboxylic acids is 1. The average Bonchev–Trinajstić information content (AvgIpc) is 2.08. The normalized spacial score (nSPS) is 48.8. The van der Waals surface area contributed by atoms with Crippen LogP contribution >= 0.6 is 15.9 Å². The fraction of sp³-hybridized carbons (Fsp3) is 0.833. The van der Waals surface area contributed by atoms with Gasteiger partial charge in [-0.1, -0.05) is 15.9 Å². The van der Waals surface area contributed by atoms with Gasteiger partial charge in [0, 0.05) is 4.32 Å². The van der Waals surface area contributed by atoms with E-state index in [1.165, 1.54) is 0 Å². The largest absolute Gasteiger partial charge is 0.481 e. The first-order chi connectivity index (χ1) is 3.90. The van der Waals surface area contributed by atoms with Crippen LogP contribution in [0.3, 0.4) is 0 Å². The van der Waals surface area contributed by atoms with Crippen LogP contribution in [0.2, 0.25) is 0 Å². The molecule has 3 heteroatoms. The molecule has 1 rings (SSSR count). The van der Waals surface area contributed by atoms with E-state index in [-0.39, 0.29) is 4.32 Å². The molecule has 0 aromatic carbocycles. The first kappa shape index (κ1) is 7.06. The standard InChI is InChI=1S/C6H9BrO2/c1-5(4(8)9)3-6(5,2)7/h3H2,1-2H3,(H,8,9)/t5-,6+/m1/s1. The van der Waals surface area contributed by atoms with Crippen molar-refractivity contribution in [3.05, 3.63) is 0 Å². The summed E-state index contributed by atoms with van der Waals surface area (Å²) in [6.07, 6.45) is 0.731. The van der Waals surface area contributed by atoms with E-state index in [0.717, 1.165) is 6.42 Å². The zero-order valence-corrected chi connectivity index (χ0v) is 7.03. The van der Waals surface area contributed by atoms with Gasteiger partial charge >= 0.3 is 5.97 Å². The third-order valence-corrected chi connectivity index (χ3v) is 3.34. The number of carboxylic acids is 1. The van der Waals surface area contributed by atoms with E-state index in [0.29, 0.717) is 0 Å². The number of halogens is 1. The Hall–Kier alpha value is -0.0500. The maximum atomic E-state index is 10.5. The molecular weight excluding hydrogens is 184 g/mol. The minimum atomic E-state index is -0.707. The molecule has 1 aliphatic rings. The Labute approximate surface area is 62.4 Å². The van der Waals surface area contributed by atoms with Gasteiger partial charge in [-0.25, -0.2) is 0 Å². The van der Waals surface area contributed by atoms with Crippen LogP contribution in [0.15, 0.2) is 0 Å². The Bertz CT molecular complexity index is 164. The highest BCUT2D eigenvalue weighted by Gasteiger charge is 2.65. The van der Waals surface area contributed by atoms with Crippen LogP contribution in [0.5, 0.6) is 0 Å². The molecule has 0 bridgehead atoms. The van der Waals surface area contributed by atoms with Crippen LogP contribution in [0.25, 0.3) is 0 Å². The lowest BCUT2D eigenvalue weighted by atomic mass is 10.1. The second-order valence-electron chi connectivity index (χ2n) is 3.01. The van der Waals surface area contributed by atoms with Crippen molar-refractivity contribution in [2.45, 2.75) is 24.6 Å². The molecular formula is C6H9BrO2. The summed E-state index contributed by atoms with van der Waals surface area (Å²) in [6, 6.07) is 0. The maximum Gasteiger partial charge on any atom is 0.310 e. The molecule has 1 aliphatic carbocycles. The van der Waals surface area contributed by atoms with Gasteiger partial charge in [-0.3, -0.25) is 4.79 Å². The van der Waals surface area contributed by atoms with Crippen molar-refractivity contribution in [3.8, 4) is 0 Å². The monoisotopic (exact) mass is 192 g/mol. The molecule has 2 nitrogen and oxygen atoms in total. The topological polar surface area (TPSA) is 37.3 Å². The molecule has 0 spiro atoms. The van der Waals surface area contributed by atoms with Crippen LogP contribution in [0, 0.1) is 5.41 Å². The molecule has 0 aliphatic heterocycles. The SMILES string of the molecule is C[C@]1(Br)C[C@]1(C)C(=O)O. The molecule has 1 N–H and O–H groups in total. The zero-order valence-electron chi connectivity index (χ0n) is 5.44. The van der Waals surface area contributed by atoms with E-state index in [4.69, 9.17) is 5.11 Å². The zero-order chi connectivity index (χ0) is 7.28. The van der Waals surface area contributed by atoms with Gasteiger partial charge in [-0.15, -0.1) is 0 Å². The summed E-state index contributed by atoms with van der Waals surface area (Å²) in [4.78, 5) is 10.5. The summed E-state index contributed by atoms with van der Waals surface area (Å²) >= 11 is 3.33. The van der Waals surface area contributed by atoms with Crippen LogP contribution in [-0.4, -0.2) is 15.4 Å². The Morgan fingerprint density at radius 1 is 1.67 bits per heavy atom. The van der Waals surface area contributed by atoms with Crippen molar-refractivity contribution in [1.82, 2.24) is 0 Å². The van der Waals surface area contributed by atoms with Crippen LogP contribution < -0.4 is 0 Å². The molecule has 9 heavy (non-hydrogen) atoms. The highest BCUT2D eigenvalue weighted by atomic mass is 79.9. The minimum Gasteiger partial charge on any atom is -0.481 e. The summed E-state index contributed by atoms with van der Waals surface area (Å²) in [7, 11) is 0. The van der Waals surface area contributed by atoms with E-state index in [9.17, 15) is 4.79 Å². The van der Waals surface area contributed by atoms with Crippen molar-refractivity contribution in [2.75, 3.05) is 0 Å². The summed E-state index contributed by atoms with van der Waals surface area (Å²) in [5.74, 6) is -0.707. The lowest BCUT2D eigenvalue weighted by Crippen LogP contribution is -2.17. The first-order valence-corrected chi connectivity index (χ1v) is 3.62. The van der Waals surface area contributed by atoms with Crippen LogP contribution in [0.1, 0.15) is 20.3 Å². The number of alkyl halides is 1. The molecule has 1 fully saturated rings. The fourth-order valence-corrected chi connectivity index (χ4v) is 1.65. The number of carboxylic acid groups (broad SMARTS) is 1. The number of rotatable bonds is 1. The molecule has 0 heterocycles. The molecule has 0 radical (unpaired) electrons. The fourth-order valence-electron chi connectivity index (χ4n) is 0.918. The molecule has 0 amide bonds. The molecule has 0 aromatic rings. The Kier molecular flexibility index (Phi) is 1.18. The van der Waals surface area contributed by atoms with Gasteiger partial charge < -0.3 is 5.11 Å². The van der Waals surface area contributed by atoms with Gasteiger partial charge in [0.2, 0.25) is 0 Å². The van der Waals surface area contributed by atoms with E-state index in [1.807, 2.05) is 6.92 Å². The number of hydrogen-bond donors (Lipinski definition) is 1. The predicted octanol–water partition coefficient (Wildman–Crippen LogP) is 1.63. The Morgan fingerprint density at radius 3 is 2.00 bits per heavy atom. The lowest BCUT2D eigenvalue weighted by molar-refractivity contribution is -0.142. The quantitative estimate of drug-likeness (QED) is 0.642. The van der Waals surface area contributed by atoms with Gasteiger partial charge in [-0.2, -0.15) is 0 Å². The summed E-state index contributed by atoms with van der Waals surface area (Å²) in [6.45, 7) is 3.66. The Balaban J connectivity index is 2.74. The third kappa shape index (κ3) is 0.784. The van der Waals surface area contributed by atoms with E-state index in [1.54, 1.807) is 6.92 Å². The van der Waals surface area contributed by atoms with Gasteiger partial charge in [0.25, 0.3) is 0 Å². The summed E-state index contributed by atoms with van der Waals surface area (Å²) < 4.78 is -0.161. The molecule has 0 aromatic heterocycles. The second kappa shape index (κ2) is 1.51. The molecule has 1 saturated carbocycles. The van der Waals surface area contributed by atoms with Crippen molar-refractivity contribution < 1.29 is 9.90 Å². The van der Waals surface area contributed by atoms with Gasteiger partial charge in [0.15, 0.2) is 0 Å². The van der Waals surface area contributed by atoms with E-state index >= 15 is 0 Å². The van der Waals surface area contributed by atoms with Gasteiger partial charge in [0.1, 0.15) is 0 Å². The lowest BCUT2D eigenvalue weighted by Gasteiger charge is -2.05. The second-order valence-corrected chi connectivity index (χ2v) is 4.76. The minimum absolute atomic E-state index is 0.161. The van der Waals surface area contributed by atoms with Crippen LogP contribution in [-0.2, 0) is 4.79 Å². The van der Waals surface area contributed by atoms with Crippen molar-refractivity contribution >= 4 is 21.9 Å². The van der Waals surface area contributed by atoms with Crippen LogP contribution in [0.4, 0.5) is 0 Å². The summed E-state index contributed by atoms with van der Waals surface area (Å²) in [5.41, 5.74) is -0.521.